The third-order valence-corrected chi connectivity index (χ3v) is 3.29. The van der Waals surface area contributed by atoms with Crippen molar-refractivity contribution in [2.75, 3.05) is 11.1 Å². The van der Waals surface area contributed by atoms with Crippen LogP contribution in [0.3, 0.4) is 0 Å². The van der Waals surface area contributed by atoms with Gasteiger partial charge in [0, 0.05) is 16.4 Å². The molecule has 3 nitrogen and oxygen atoms in total. The van der Waals surface area contributed by atoms with E-state index in [1.54, 1.807) is 18.2 Å². The van der Waals surface area contributed by atoms with E-state index >= 15 is 0 Å². The van der Waals surface area contributed by atoms with E-state index < -0.39 is 0 Å². The highest BCUT2D eigenvalue weighted by Gasteiger charge is 2.10. The van der Waals surface area contributed by atoms with E-state index in [0.29, 0.717) is 22.0 Å². The highest BCUT2D eigenvalue weighted by molar-refractivity contribution is 6.31. The lowest BCUT2D eigenvalue weighted by molar-refractivity contribution is 0.102. The SMILES string of the molecule is Cc1ccc(N)c(C(=O)Nc2ccc(C)c(Cl)c2)c1. The van der Waals surface area contributed by atoms with Crippen LogP contribution in [0, 0.1) is 13.8 Å². The van der Waals surface area contributed by atoms with Gasteiger partial charge < -0.3 is 11.1 Å². The third kappa shape index (κ3) is 3.06. The number of carbonyl (C=O) groups is 1. The van der Waals surface area contributed by atoms with Crippen LogP contribution in [0.1, 0.15) is 21.5 Å². The van der Waals surface area contributed by atoms with Crippen molar-refractivity contribution < 1.29 is 4.79 Å². The van der Waals surface area contributed by atoms with Gasteiger partial charge in [-0.05, 0) is 43.7 Å². The maximum absolute atomic E-state index is 12.1. The number of nitrogens with two attached hydrogens (primary N) is 1. The summed E-state index contributed by atoms with van der Waals surface area (Å²) < 4.78 is 0. The predicted octanol–water partition coefficient (Wildman–Crippen LogP) is 3.79. The number of halogens is 1. The second-order valence-electron chi connectivity index (χ2n) is 4.51. The molecule has 3 N–H and O–H groups in total. The number of anilines is 2. The van der Waals surface area contributed by atoms with E-state index in [4.69, 9.17) is 17.3 Å². The van der Waals surface area contributed by atoms with E-state index in [0.717, 1.165) is 11.1 Å². The summed E-state index contributed by atoms with van der Waals surface area (Å²) in [5, 5.41) is 3.41. The first-order chi connectivity index (χ1) is 8.97. The molecule has 2 aromatic rings. The summed E-state index contributed by atoms with van der Waals surface area (Å²) in [5.74, 6) is -0.235. The van der Waals surface area contributed by atoms with Gasteiger partial charge in [0.2, 0.25) is 0 Å². The summed E-state index contributed by atoms with van der Waals surface area (Å²) in [6.07, 6.45) is 0. The zero-order valence-corrected chi connectivity index (χ0v) is 11.6. The molecule has 19 heavy (non-hydrogen) atoms. The summed E-state index contributed by atoms with van der Waals surface area (Å²) in [7, 11) is 0. The highest BCUT2D eigenvalue weighted by Crippen LogP contribution is 2.21. The molecule has 0 saturated carbocycles. The molecule has 0 unspecified atom stereocenters. The first-order valence-electron chi connectivity index (χ1n) is 5.91. The first-order valence-corrected chi connectivity index (χ1v) is 6.29. The topological polar surface area (TPSA) is 55.1 Å². The summed E-state index contributed by atoms with van der Waals surface area (Å²) >= 11 is 6.02. The molecule has 98 valence electrons. The summed E-state index contributed by atoms with van der Waals surface area (Å²) in [5.41, 5.74) is 9.35. The van der Waals surface area contributed by atoms with Gasteiger partial charge in [-0.15, -0.1) is 0 Å². The molecule has 0 atom stereocenters. The van der Waals surface area contributed by atoms with E-state index in [9.17, 15) is 4.79 Å². The Labute approximate surface area is 117 Å². The normalized spacial score (nSPS) is 10.3. The Balaban J connectivity index is 2.25. The molecule has 0 radical (unpaired) electrons. The number of amides is 1. The minimum atomic E-state index is -0.235. The van der Waals surface area contributed by atoms with E-state index in [1.165, 1.54) is 0 Å². The van der Waals surface area contributed by atoms with Crippen LogP contribution >= 0.6 is 11.6 Å². The molecular formula is C15H15ClN2O. The summed E-state index contributed by atoms with van der Waals surface area (Å²) in [4.78, 5) is 12.1. The van der Waals surface area contributed by atoms with Crippen LogP contribution in [0.4, 0.5) is 11.4 Å². The fourth-order valence-corrected chi connectivity index (χ4v) is 1.92. The van der Waals surface area contributed by atoms with Crippen molar-refractivity contribution in [2.24, 2.45) is 0 Å². The standard InChI is InChI=1S/C15H15ClN2O/c1-9-3-6-14(17)12(7-9)15(19)18-11-5-4-10(2)13(16)8-11/h3-8H,17H2,1-2H3,(H,18,19). The van der Waals surface area contributed by atoms with E-state index in [1.807, 2.05) is 32.0 Å². The van der Waals surface area contributed by atoms with Gasteiger partial charge in [0.1, 0.15) is 0 Å². The quantitative estimate of drug-likeness (QED) is 0.819. The van der Waals surface area contributed by atoms with Gasteiger partial charge in [-0.3, -0.25) is 4.79 Å². The van der Waals surface area contributed by atoms with Crippen LogP contribution in [-0.4, -0.2) is 5.91 Å². The number of benzene rings is 2. The second-order valence-corrected chi connectivity index (χ2v) is 4.92. The lowest BCUT2D eigenvalue weighted by atomic mass is 10.1. The number of nitrogens with one attached hydrogen (secondary N) is 1. The second kappa shape index (κ2) is 5.33. The molecule has 2 rings (SSSR count). The average Bonchev–Trinajstić information content (AvgIpc) is 2.36. The van der Waals surface area contributed by atoms with Gasteiger partial charge in [0.05, 0.1) is 5.56 Å². The van der Waals surface area contributed by atoms with Gasteiger partial charge >= 0.3 is 0 Å². The van der Waals surface area contributed by atoms with Gasteiger partial charge in [-0.25, -0.2) is 0 Å². The Morgan fingerprint density at radius 3 is 2.58 bits per heavy atom. The molecule has 0 aliphatic heterocycles. The molecule has 0 bridgehead atoms. The Morgan fingerprint density at radius 2 is 1.89 bits per heavy atom. The van der Waals surface area contributed by atoms with E-state index in [2.05, 4.69) is 5.32 Å². The predicted molar refractivity (Wildman–Crippen MR) is 79.7 cm³/mol. The minimum Gasteiger partial charge on any atom is -0.398 e. The first kappa shape index (κ1) is 13.4. The maximum atomic E-state index is 12.1. The Hall–Kier alpha value is -2.00. The summed E-state index contributed by atoms with van der Waals surface area (Å²) in [6.45, 7) is 3.82. The lowest BCUT2D eigenvalue weighted by Crippen LogP contribution is -2.14. The molecule has 0 spiro atoms. The Bertz CT molecular complexity index is 638. The van der Waals surface area contributed by atoms with Gasteiger partial charge in [-0.2, -0.15) is 0 Å². The molecule has 1 amide bonds. The lowest BCUT2D eigenvalue weighted by Gasteiger charge is -2.09. The molecule has 0 aromatic heterocycles. The van der Waals surface area contributed by atoms with Gasteiger partial charge in [-0.1, -0.05) is 29.3 Å². The van der Waals surface area contributed by atoms with Gasteiger partial charge in [0.25, 0.3) is 5.91 Å². The molecule has 0 saturated heterocycles. The van der Waals surface area contributed by atoms with Crippen LogP contribution in [0.25, 0.3) is 0 Å². The highest BCUT2D eigenvalue weighted by atomic mass is 35.5. The van der Waals surface area contributed by atoms with Crippen LogP contribution in [-0.2, 0) is 0 Å². The van der Waals surface area contributed by atoms with Gasteiger partial charge in [0.15, 0.2) is 0 Å². The van der Waals surface area contributed by atoms with Crippen molar-refractivity contribution in [2.45, 2.75) is 13.8 Å². The molecule has 0 aliphatic rings. The van der Waals surface area contributed by atoms with Crippen molar-refractivity contribution in [1.29, 1.82) is 0 Å². The van der Waals surface area contributed by atoms with Crippen LogP contribution < -0.4 is 11.1 Å². The fourth-order valence-electron chi connectivity index (χ4n) is 1.74. The van der Waals surface area contributed by atoms with E-state index in [-0.39, 0.29) is 5.91 Å². The molecule has 2 aromatic carbocycles. The third-order valence-electron chi connectivity index (χ3n) is 2.88. The fraction of sp³-hybridized carbons (Fsp3) is 0.133. The number of nitrogen functional groups attached to an aromatic ring is 1. The summed E-state index contributed by atoms with van der Waals surface area (Å²) in [6, 6.07) is 10.8. The minimum absolute atomic E-state index is 0.235. The van der Waals surface area contributed by atoms with Crippen molar-refractivity contribution >= 4 is 28.9 Å². The molecule has 0 aliphatic carbocycles. The van der Waals surface area contributed by atoms with Crippen molar-refractivity contribution in [3.63, 3.8) is 0 Å². The zero-order valence-electron chi connectivity index (χ0n) is 10.8. The largest absolute Gasteiger partial charge is 0.398 e. The smallest absolute Gasteiger partial charge is 0.257 e. The molecular weight excluding hydrogens is 260 g/mol. The number of hydrogen-bond acceptors (Lipinski definition) is 2. The van der Waals surface area contributed by atoms with Crippen LogP contribution in [0.2, 0.25) is 5.02 Å². The molecule has 0 heterocycles. The molecule has 0 fully saturated rings. The van der Waals surface area contributed by atoms with Crippen LogP contribution in [0.15, 0.2) is 36.4 Å². The number of aryl methyl sites for hydroxylation is 2. The van der Waals surface area contributed by atoms with Crippen molar-refractivity contribution in [3.8, 4) is 0 Å². The monoisotopic (exact) mass is 274 g/mol. The Morgan fingerprint density at radius 1 is 1.16 bits per heavy atom. The zero-order chi connectivity index (χ0) is 14.0. The molecule has 4 heteroatoms. The Kier molecular flexibility index (Phi) is 3.76. The number of rotatable bonds is 2. The van der Waals surface area contributed by atoms with Crippen LogP contribution in [0.5, 0.6) is 0 Å². The number of carbonyl (C=O) groups excluding carboxylic acids is 1. The number of hydrogen-bond donors (Lipinski definition) is 2. The van der Waals surface area contributed by atoms with Crippen molar-refractivity contribution in [3.05, 3.63) is 58.1 Å². The van der Waals surface area contributed by atoms with Crippen molar-refractivity contribution in [1.82, 2.24) is 0 Å². The maximum Gasteiger partial charge on any atom is 0.257 e. The average molecular weight is 275 g/mol.